The van der Waals surface area contributed by atoms with Crippen LogP contribution in [0.4, 0.5) is 5.82 Å². The molecule has 0 aliphatic heterocycles. The van der Waals surface area contributed by atoms with Gasteiger partial charge in [-0.3, -0.25) is 4.79 Å². The van der Waals surface area contributed by atoms with Gasteiger partial charge in [-0.05, 0) is 25.5 Å². The van der Waals surface area contributed by atoms with Crippen LogP contribution in [-0.4, -0.2) is 24.0 Å². The summed E-state index contributed by atoms with van der Waals surface area (Å²) in [6.45, 7) is 3.54. The van der Waals surface area contributed by atoms with Crippen LogP contribution < -0.4 is 10.6 Å². The summed E-state index contributed by atoms with van der Waals surface area (Å²) in [5.74, 6) is 0.297. The topological polar surface area (TPSA) is 77.8 Å². The van der Waals surface area contributed by atoms with Crippen molar-refractivity contribution in [3.8, 4) is 6.07 Å². The smallest absolute Gasteiger partial charge is 0.241 e. The summed E-state index contributed by atoms with van der Waals surface area (Å²) in [4.78, 5) is 15.4. The van der Waals surface area contributed by atoms with Gasteiger partial charge in [0.2, 0.25) is 5.91 Å². The number of amides is 1. The van der Waals surface area contributed by atoms with Gasteiger partial charge in [0.05, 0.1) is 5.56 Å². The Bertz CT molecular complexity index is 436. The van der Waals surface area contributed by atoms with Gasteiger partial charge in [0.15, 0.2) is 0 Å². The zero-order valence-corrected chi connectivity index (χ0v) is 9.53. The maximum Gasteiger partial charge on any atom is 0.241 e. The number of aryl methyl sites for hydroxylation is 1. The zero-order chi connectivity index (χ0) is 12.1. The average Bonchev–Trinajstić information content (AvgIpc) is 2.28. The van der Waals surface area contributed by atoms with E-state index in [1.54, 1.807) is 26.2 Å². The van der Waals surface area contributed by atoms with Crippen molar-refractivity contribution in [3.05, 3.63) is 23.4 Å². The highest BCUT2D eigenvalue weighted by atomic mass is 16.2. The summed E-state index contributed by atoms with van der Waals surface area (Å²) in [7, 11) is 1.56. The number of nitrogens with zero attached hydrogens (tertiary/aromatic N) is 2. The van der Waals surface area contributed by atoms with Crippen LogP contribution in [0.25, 0.3) is 0 Å². The van der Waals surface area contributed by atoms with E-state index in [0.717, 1.165) is 5.56 Å². The molecule has 0 bridgehead atoms. The minimum absolute atomic E-state index is 0.146. The number of nitriles is 1. The second-order valence-corrected chi connectivity index (χ2v) is 3.44. The zero-order valence-electron chi connectivity index (χ0n) is 9.53. The van der Waals surface area contributed by atoms with E-state index in [9.17, 15) is 4.79 Å². The average molecular weight is 218 g/mol. The Morgan fingerprint density at radius 1 is 1.62 bits per heavy atom. The summed E-state index contributed by atoms with van der Waals surface area (Å²) in [5.41, 5.74) is 1.31. The van der Waals surface area contributed by atoms with Crippen molar-refractivity contribution in [3.63, 3.8) is 0 Å². The second-order valence-electron chi connectivity index (χ2n) is 3.44. The van der Waals surface area contributed by atoms with Gasteiger partial charge < -0.3 is 10.6 Å². The van der Waals surface area contributed by atoms with E-state index in [1.165, 1.54) is 0 Å². The minimum Gasteiger partial charge on any atom is -0.358 e. The fourth-order valence-corrected chi connectivity index (χ4v) is 1.30. The molecule has 0 radical (unpaired) electrons. The lowest BCUT2D eigenvalue weighted by Gasteiger charge is -2.14. The first-order valence-corrected chi connectivity index (χ1v) is 4.94. The molecule has 0 aliphatic carbocycles. The van der Waals surface area contributed by atoms with E-state index < -0.39 is 6.04 Å². The Morgan fingerprint density at radius 3 is 2.88 bits per heavy atom. The number of rotatable bonds is 3. The molecule has 5 heteroatoms. The van der Waals surface area contributed by atoms with Gasteiger partial charge in [-0.25, -0.2) is 4.98 Å². The molecule has 0 saturated heterocycles. The quantitative estimate of drug-likeness (QED) is 0.787. The number of hydrogen-bond donors (Lipinski definition) is 2. The summed E-state index contributed by atoms with van der Waals surface area (Å²) >= 11 is 0. The number of pyridine rings is 1. The highest BCUT2D eigenvalue weighted by Gasteiger charge is 2.14. The fraction of sp³-hybridized carbons (Fsp3) is 0.364. The molecule has 84 valence electrons. The molecule has 1 aromatic heterocycles. The molecule has 1 aromatic rings. The molecule has 1 atom stereocenters. The number of carbonyl (C=O) groups excluding carboxylic acids is 1. The summed E-state index contributed by atoms with van der Waals surface area (Å²) in [6.07, 6.45) is 1.61. The van der Waals surface area contributed by atoms with Crippen LogP contribution in [0.5, 0.6) is 0 Å². The van der Waals surface area contributed by atoms with Gasteiger partial charge in [0.1, 0.15) is 17.9 Å². The van der Waals surface area contributed by atoms with Gasteiger partial charge in [-0.1, -0.05) is 0 Å². The third kappa shape index (κ3) is 2.48. The Balaban J connectivity index is 2.94. The van der Waals surface area contributed by atoms with E-state index in [2.05, 4.69) is 21.7 Å². The molecule has 1 rings (SSSR count). The molecule has 16 heavy (non-hydrogen) atoms. The molecule has 0 aromatic carbocycles. The Kier molecular flexibility index (Phi) is 3.84. The van der Waals surface area contributed by atoms with Gasteiger partial charge in [-0.2, -0.15) is 5.26 Å². The lowest BCUT2D eigenvalue weighted by atomic mass is 10.1. The SMILES string of the molecule is CNC(=O)C(C)Nc1nccc(C)c1C#N. The summed E-state index contributed by atoms with van der Waals surface area (Å²) in [5, 5.41) is 14.4. The molecule has 2 N–H and O–H groups in total. The maximum absolute atomic E-state index is 11.3. The van der Waals surface area contributed by atoms with Gasteiger partial charge >= 0.3 is 0 Å². The Hall–Kier alpha value is -2.09. The van der Waals surface area contributed by atoms with Gasteiger partial charge in [-0.15, -0.1) is 0 Å². The highest BCUT2D eigenvalue weighted by molar-refractivity contribution is 5.84. The first-order valence-electron chi connectivity index (χ1n) is 4.94. The molecule has 5 nitrogen and oxygen atoms in total. The van der Waals surface area contributed by atoms with Crippen molar-refractivity contribution in [2.24, 2.45) is 0 Å². The fourth-order valence-electron chi connectivity index (χ4n) is 1.30. The van der Waals surface area contributed by atoms with Gasteiger partial charge in [0, 0.05) is 13.2 Å². The van der Waals surface area contributed by atoms with E-state index in [4.69, 9.17) is 5.26 Å². The number of nitrogens with one attached hydrogen (secondary N) is 2. The minimum atomic E-state index is -0.425. The second kappa shape index (κ2) is 5.12. The summed E-state index contributed by atoms with van der Waals surface area (Å²) < 4.78 is 0. The number of carbonyl (C=O) groups is 1. The van der Waals surface area contributed by atoms with Crippen LogP contribution in [-0.2, 0) is 4.79 Å². The highest BCUT2D eigenvalue weighted by Crippen LogP contribution is 2.15. The first kappa shape index (κ1) is 12.0. The maximum atomic E-state index is 11.3. The molecule has 1 unspecified atom stereocenters. The molecule has 1 heterocycles. The Labute approximate surface area is 94.5 Å². The molecule has 0 saturated carbocycles. The van der Waals surface area contributed by atoms with E-state index >= 15 is 0 Å². The molecular formula is C11H14N4O. The van der Waals surface area contributed by atoms with Crippen LogP contribution in [0, 0.1) is 18.3 Å². The largest absolute Gasteiger partial charge is 0.358 e. The predicted molar refractivity (Wildman–Crippen MR) is 60.8 cm³/mol. The number of hydrogen-bond acceptors (Lipinski definition) is 4. The van der Waals surface area contributed by atoms with Gasteiger partial charge in [0.25, 0.3) is 0 Å². The van der Waals surface area contributed by atoms with Crippen molar-refractivity contribution in [1.29, 1.82) is 5.26 Å². The van der Waals surface area contributed by atoms with Crippen LogP contribution in [0.1, 0.15) is 18.1 Å². The molecule has 0 fully saturated rings. The van der Waals surface area contributed by atoms with Crippen LogP contribution >= 0.6 is 0 Å². The lowest BCUT2D eigenvalue weighted by Crippen LogP contribution is -2.35. The third-order valence-corrected chi connectivity index (χ3v) is 2.26. The van der Waals surface area contributed by atoms with Crippen LogP contribution in [0.15, 0.2) is 12.3 Å². The van der Waals surface area contributed by atoms with Crippen molar-refractivity contribution < 1.29 is 4.79 Å². The lowest BCUT2D eigenvalue weighted by molar-refractivity contribution is -0.121. The third-order valence-electron chi connectivity index (χ3n) is 2.26. The van der Waals surface area contributed by atoms with E-state index in [0.29, 0.717) is 11.4 Å². The number of likely N-dealkylation sites (N-methyl/N-ethyl adjacent to an activating group) is 1. The normalized spacial score (nSPS) is 11.4. The molecule has 0 spiro atoms. The van der Waals surface area contributed by atoms with E-state index in [1.807, 2.05) is 6.92 Å². The van der Waals surface area contributed by atoms with Crippen molar-refractivity contribution >= 4 is 11.7 Å². The molecule has 0 aliphatic rings. The van der Waals surface area contributed by atoms with Crippen molar-refractivity contribution in [2.75, 3.05) is 12.4 Å². The number of anilines is 1. The summed E-state index contributed by atoms with van der Waals surface area (Å²) in [6, 6.07) is 3.40. The predicted octanol–water partition coefficient (Wildman–Crippen LogP) is 0.808. The molecular weight excluding hydrogens is 204 g/mol. The first-order chi connectivity index (χ1) is 7.60. The number of aromatic nitrogens is 1. The van der Waals surface area contributed by atoms with Crippen molar-refractivity contribution in [1.82, 2.24) is 10.3 Å². The van der Waals surface area contributed by atoms with E-state index in [-0.39, 0.29) is 5.91 Å². The standard InChI is InChI=1S/C11H14N4O/c1-7-4-5-14-10(9(7)6-12)15-8(2)11(16)13-3/h4-5,8H,1-3H3,(H,13,16)(H,14,15). The van der Waals surface area contributed by atoms with Crippen LogP contribution in [0.3, 0.4) is 0 Å². The Morgan fingerprint density at radius 2 is 2.31 bits per heavy atom. The van der Waals surface area contributed by atoms with Crippen LogP contribution in [0.2, 0.25) is 0 Å². The van der Waals surface area contributed by atoms with Crippen molar-refractivity contribution in [2.45, 2.75) is 19.9 Å². The monoisotopic (exact) mass is 218 g/mol. The molecule has 1 amide bonds.